The maximum atomic E-state index is 10.5. The first-order chi connectivity index (χ1) is 10.0. The summed E-state index contributed by atoms with van der Waals surface area (Å²) in [6.07, 6.45) is 3.28. The van der Waals surface area contributed by atoms with Gasteiger partial charge in [0.05, 0.1) is 11.7 Å². The Morgan fingerprint density at radius 2 is 1.90 bits per heavy atom. The van der Waals surface area contributed by atoms with Gasteiger partial charge in [-0.05, 0) is 43.5 Å². The Bertz CT molecular complexity index is 403. The average molecular weight is 295 g/mol. The third-order valence-electron chi connectivity index (χ3n) is 3.62. The van der Waals surface area contributed by atoms with Crippen molar-refractivity contribution < 1.29 is 14.9 Å². The van der Waals surface area contributed by atoms with Gasteiger partial charge >= 0.3 is 0 Å². The molecule has 120 valence electrons. The molecular formula is C17H29NO3. The fraction of sp³-hybridized carbons (Fsp3) is 0.647. The first-order valence-corrected chi connectivity index (χ1v) is 7.88. The zero-order valence-electron chi connectivity index (χ0n) is 13.2. The highest BCUT2D eigenvalue weighted by Crippen LogP contribution is 2.24. The van der Waals surface area contributed by atoms with Crippen LogP contribution in [0, 0.1) is 0 Å². The van der Waals surface area contributed by atoms with E-state index < -0.39 is 11.7 Å². The van der Waals surface area contributed by atoms with Crippen molar-refractivity contribution in [3.8, 4) is 5.75 Å². The Balaban J connectivity index is 2.67. The zero-order valence-corrected chi connectivity index (χ0v) is 13.2. The summed E-state index contributed by atoms with van der Waals surface area (Å²) in [5.74, 6) is 0.675. The monoisotopic (exact) mass is 295 g/mol. The Labute approximate surface area is 127 Å². The maximum absolute atomic E-state index is 10.5. The standard InChI is InChI=1S/C17H29NO3/c1-3-9-17(20,10-4-2)13-21-15-7-5-6-14(12-15)16(19)8-11-18/h5-7,12,16,19-20H,3-4,8-11,13,18H2,1-2H3/t16-/m1/s1. The van der Waals surface area contributed by atoms with E-state index in [0.717, 1.165) is 31.2 Å². The molecule has 1 aromatic carbocycles. The predicted octanol–water partition coefficient (Wildman–Crippen LogP) is 2.78. The van der Waals surface area contributed by atoms with Crippen LogP contribution in [0.15, 0.2) is 24.3 Å². The summed E-state index contributed by atoms with van der Waals surface area (Å²) in [5, 5.41) is 20.5. The minimum absolute atomic E-state index is 0.283. The summed E-state index contributed by atoms with van der Waals surface area (Å²) < 4.78 is 5.75. The fourth-order valence-corrected chi connectivity index (χ4v) is 2.55. The van der Waals surface area contributed by atoms with Crippen LogP contribution in [0.1, 0.15) is 57.6 Å². The van der Waals surface area contributed by atoms with Gasteiger partial charge in [-0.15, -0.1) is 0 Å². The zero-order chi connectivity index (χ0) is 15.7. The molecule has 0 saturated carbocycles. The molecule has 4 N–H and O–H groups in total. The van der Waals surface area contributed by atoms with E-state index in [9.17, 15) is 10.2 Å². The number of rotatable bonds is 10. The summed E-state index contributed by atoms with van der Waals surface area (Å²) in [4.78, 5) is 0. The van der Waals surface area contributed by atoms with Gasteiger partial charge in [0.25, 0.3) is 0 Å². The van der Waals surface area contributed by atoms with Crippen LogP contribution >= 0.6 is 0 Å². The molecule has 1 atom stereocenters. The summed E-state index contributed by atoms with van der Waals surface area (Å²) >= 11 is 0. The Morgan fingerprint density at radius 1 is 1.24 bits per heavy atom. The van der Waals surface area contributed by atoms with Crippen molar-refractivity contribution in [3.63, 3.8) is 0 Å². The molecule has 0 bridgehead atoms. The van der Waals surface area contributed by atoms with Crippen molar-refractivity contribution in [1.29, 1.82) is 0 Å². The van der Waals surface area contributed by atoms with Crippen LogP contribution in [-0.2, 0) is 0 Å². The van der Waals surface area contributed by atoms with Gasteiger partial charge in [-0.3, -0.25) is 0 Å². The second-order valence-electron chi connectivity index (χ2n) is 5.68. The largest absolute Gasteiger partial charge is 0.491 e. The molecule has 1 aromatic rings. The Kier molecular flexibility index (Phi) is 7.72. The molecule has 0 radical (unpaired) electrons. The summed E-state index contributed by atoms with van der Waals surface area (Å²) in [5.41, 5.74) is 5.49. The third kappa shape index (κ3) is 6.04. The number of aliphatic hydroxyl groups excluding tert-OH is 1. The van der Waals surface area contributed by atoms with Crippen LogP contribution < -0.4 is 10.5 Å². The van der Waals surface area contributed by atoms with E-state index in [2.05, 4.69) is 13.8 Å². The molecule has 0 spiro atoms. The Morgan fingerprint density at radius 3 is 2.48 bits per heavy atom. The average Bonchev–Trinajstić information content (AvgIpc) is 2.46. The molecule has 0 amide bonds. The lowest BCUT2D eigenvalue weighted by Gasteiger charge is -2.27. The number of hydrogen-bond donors (Lipinski definition) is 3. The number of hydrogen-bond acceptors (Lipinski definition) is 4. The van der Waals surface area contributed by atoms with Crippen LogP contribution in [0.4, 0.5) is 0 Å². The summed E-state index contributed by atoms with van der Waals surface area (Å²) in [6, 6.07) is 7.37. The smallest absolute Gasteiger partial charge is 0.119 e. The van der Waals surface area contributed by atoms with E-state index in [1.165, 1.54) is 0 Å². The molecule has 0 unspecified atom stereocenters. The van der Waals surface area contributed by atoms with Crippen LogP contribution in [0.3, 0.4) is 0 Å². The van der Waals surface area contributed by atoms with E-state index in [1.807, 2.05) is 24.3 Å². The maximum Gasteiger partial charge on any atom is 0.119 e. The molecular weight excluding hydrogens is 266 g/mol. The van der Waals surface area contributed by atoms with E-state index in [0.29, 0.717) is 18.7 Å². The summed E-state index contributed by atoms with van der Waals surface area (Å²) in [6.45, 7) is 4.85. The quantitative estimate of drug-likeness (QED) is 0.620. The van der Waals surface area contributed by atoms with Gasteiger partial charge in [-0.2, -0.15) is 0 Å². The lowest BCUT2D eigenvalue weighted by Crippen LogP contribution is -2.35. The van der Waals surface area contributed by atoms with Crippen LogP contribution in [-0.4, -0.2) is 29.0 Å². The second kappa shape index (κ2) is 9.03. The lowest BCUT2D eigenvalue weighted by atomic mass is 9.94. The molecule has 0 heterocycles. The van der Waals surface area contributed by atoms with Crippen molar-refractivity contribution in [2.45, 2.75) is 57.7 Å². The lowest BCUT2D eigenvalue weighted by molar-refractivity contribution is -0.0202. The van der Waals surface area contributed by atoms with Crippen molar-refractivity contribution in [2.75, 3.05) is 13.2 Å². The third-order valence-corrected chi connectivity index (χ3v) is 3.62. The van der Waals surface area contributed by atoms with Gasteiger partial charge in [-0.1, -0.05) is 38.8 Å². The van der Waals surface area contributed by atoms with Crippen molar-refractivity contribution in [1.82, 2.24) is 0 Å². The van der Waals surface area contributed by atoms with E-state index in [1.54, 1.807) is 0 Å². The molecule has 0 aromatic heterocycles. The number of aliphatic hydroxyl groups is 2. The topological polar surface area (TPSA) is 75.7 Å². The minimum Gasteiger partial charge on any atom is -0.491 e. The molecule has 1 rings (SSSR count). The van der Waals surface area contributed by atoms with E-state index in [4.69, 9.17) is 10.5 Å². The van der Waals surface area contributed by atoms with Crippen molar-refractivity contribution in [2.24, 2.45) is 5.73 Å². The van der Waals surface area contributed by atoms with Crippen LogP contribution in [0.25, 0.3) is 0 Å². The van der Waals surface area contributed by atoms with Gasteiger partial charge in [-0.25, -0.2) is 0 Å². The molecule has 0 fully saturated rings. The van der Waals surface area contributed by atoms with Crippen LogP contribution in [0.5, 0.6) is 5.75 Å². The predicted molar refractivity (Wildman–Crippen MR) is 85.3 cm³/mol. The summed E-state index contributed by atoms with van der Waals surface area (Å²) in [7, 11) is 0. The number of benzene rings is 1. The van der Waals surface area contributed by atoms with Gasteiger partial charge < -0.3 is 20.7 Å². The highest BCUT2D eigenvalue weighted by molar-refractivity contribution is 5.30. The minimum atomic E-state index is -0.768. The Hall–Kier alpha value is -1.10. The molecule has 0 aliphatic rings. The van der Waals surface area contributed by atoms with E-state index in [-0.39, 0.29) is 6.61 Å². The number of ether oxygens (including phenoxy) is 1. The highest BCUT2D eigenvalue weighted by Gasteiger charge is 2.25. The first-order valence-electron chi connectivity index (χ1n) is 7.88. The fourth-order valence-electron chi connectivity index (χ4n) is 2.55. The molecule has 0 aliphatic heterocycles. The van der Waals surface area contributed by atoms with Gasteiger partial charge in [0, 0.05) is 0 Å². The first kappa shape index (κ1) is 18.0. The SMILES string of the molecule is CCCC(O)(CCC)COc1cccc([C@H](O)CCN)c1. The number of nitrogens with two attached hydrogens (primary N) is 1. The molecule has 4 nitrogen and oxygen atoms in total. The van der Waals surface area contributed by atoms with Gasteiger partial charge in [0.1, 0.15) is 12.4 Å². The highest BCUT2D eigenvalue weighted by atomic mass is 16.5. The normalized spacial score (nSPS) is 13.2. The molecule has 0 saturated heterocycles. The van der Waals surface area contributed by atoms with Gasteiger partial charge in [0.2, 0.25) is 0 Å². The van der Waals surface area contributed by atoms with Crippen molar-refractivity contribution in [3.05, 3.63) is 29.8 Å². The molecule has 21 heavy (non-hydrogen) atoms. The van der Waals surface area contributed by atoms with Gasteiger partial charge in [0.15, 0.2) is 0 Å². The molecule has 0 aliphatic carbocycles. The van der Waals surface area contributed by atoms with Crippen molar-refractivity contribution >= 4 is 0 Å². The van der Waals surface area contributed by atoms with Crippen LogP contribution in [0.2, 0.25) is 0 Å². The second-order valence-corrected chi connectivity index (χ2v) is 5.68. The molecule has 4 heteroatoms. The van der Waals surface area contributed by atoms with E-state index >= 15 is 0 Å².